The highest BCUT2D eigenvalue weighted by Crippen LogP contribution is 2.60. The highest BCUT2D eigenvalue weighted by atomic mass is 32.2. The van der Waals surface area contributed by atoms with E-state index < -0.39 is 34.3 Å². The first-order valence-corrected chi connectivity index (χ1v) is 18.3. The number of nitrogens with one attached hydrogen (secondary N) is 1. The first-order valence-electron chi connectivity index (χ1n) is 16.4. The normalized spacial score (nSPS) is 27.1. The Bertz CT molecular complexity index is 1440. The van der Waals surface area contributed by atoms with Crippen molar-refractivity contribution in [1.82, 2.24) is 10.2 Å². The van der Waals surface area contributed by atoms with Gasteiger partial charge in [0.05, 0.1) is 11.9 Å². The maximum atomic E-state index is 14.7. The van der Waals surface area contributed by atoms with Crippen LogP contribution >= 0.6 is 0 Å². The lowest BCUT2D eigenvalue weighted by Crippen LogP contribution is -2.53. The van der Waals surface area contributed by atoms with Gasteiger partial charge in [-0.3, -0.25) is 13.9 Å². The average molecular weight is 624 g/mol. The summed E-state index contributed by atoms with van der Waals surface area (Å²) >= 11 is 0. The average Bonchev–Trinajstić information content (AvgIpc) is 2.98. The summed E-state index contributed by atoms with van der Waals surface area (Å²) in [7, 11) is -3.84. The van der Waals surface area contributed by atoms with Gasteiger partial charge in [0.2, 0.25) is 21.8 Å². The lowest BCUT2D eigenvalue weighted by molar-refractivity contribution is -0.139. The number of sulfonamides is 1. The molecule has 0 aromatic heterocycles. The van der Waals surface area contributed by atoms with Crippen molar-refractivity contribution < 1.29 is 22.4 Å². The lowest BCUT2D eigenvalue weighted by Gasteiger charge is -2.57. The van der Waals surface area contributed by atoms with Crippen molar-refractivity contribution in [3.05, 3.63) is 65.5 Å². The second-order valence-electron chi connectivity index (χ2n) is 14.1. The maximum Gasteiger partial charge on any atom is 0.244 e. The van der Waals surface area contributed by atoms with Crippen LogP contribution in [-0.4, -0.2) is 50.0 Å². The van der Waals surface area contributed by atoms with Crippen LogP contribution in [0.3, 0.4) is 0 Å². The van der Waals surface area contributed by atoms with E-state index in [0.29, 0.717) is 5.69 Å². The summed E-state index contributed by atoms with van der Waals surface area (Å²) in [5.74, 6) is 1.03. The predicted molar refractivity (Wildman–Crippen MR) is 170 cm³/mol. The zero-order chi connectivity index (χ0) is 31.1. The predicted octanol–water partition coefficient (Wildman–Crippen LogP) is 5.93. The molecular formula is C35H46FN3O4S. The van der Waals surface area contributed by atoms with Crippen molar-refractivity contribution in [2.24, 2.45) is 17.8 Å². The van der Waals surface area contributed by atoms with E-state index >= 15 is 0 Å². The van der Waals surface area contributed by atoms with E-state index in [0.717, 1.165) is 60.4 Å². The van der Waals surface area contributed by atoms with Gasteiger partial charge in [-0.15, -0.1) is 0 Å². The van der Waals surface area contributed by atoms with Crippen molar-refractivity contribution in [3.8, 4) is 0 Å². The topological polar surface area (TPSA) is 86.8 Å². The molecule has 2 amide bonds. The van der Waals surface area contributed by atoms with E-state index in [-0.39, 0.29) is 29.5 Å². The number of carbonyl (C=O) groups is 2. The molecule has 0 spiro atoms. The zero-order valence-corrected chi connectivity index (χ0v) is 26.8. The van der Waals surface area contributed by atoms with E-state index in [1.807, 2.05) is 12.1 Å². The van der Waals surface area contributed by atoms with Crippen LogP contribution in [0.2, 0.25) is 0 Å². The molecule has 7 rings (SSSR count). The molecule has 0 aliphatic heterocycles. The molecule has 2 aromatic carbocycles. The first-order chi connectivity index (χ1) is 21.0. The number of hydrogen-bond donors (Lipinski definition) is 1. The highest BCUT2D eigenvalue weighted by molar-refractivity contribution is 7.92. The van der Waals surface area contributed by atoms with Crippen LogP contribution < -0.4 is 9.62 Å². The Morgan fingerprint density at radius 3 is 2.09 bits per heavy atom. The zero-order valence-electron chi connectivity index (χ0n) is 26.0. The van der Waals surface area contributed by atoms with E-state index in [2.05, 4.69) is 17.4 Å². The number of anilines is 1. The van der Waals surface area contributed by atoms with Crippen molar-refractivity contribution in [2.75, 3.05) is 17.1 Å². The Kier molecular flexibility index (Phi) is 8.79. The molecule has 0 heterocycles. The van der Waals surface area contributed by atoms with Gasteiger partial charge in [0.15, 0.2) is 0 Å². The number of rotatable bonds is 10. The number of nitrogens with zero attached hydrogens (tertiary/aromatic N) is 2. The van der Waals surface area contributed by atoms with Gasteiger partial charge < -0.3 is 10.2 Å². The fourth-order valence-corrected chi connectivity index (χ4v) is 9.87. The minimum absolute atomic E-state index is 0.0455. The van der Waals surface area contributed by atoms with Gasteiger partial charge in [-0.2, -0.15) is 0 Å². The molecule has 5 aliphatic rings. The summed E-state index contributed by atoms with van der Waals surface area (Å²) in [6.07, 6.45) is 13.8. The molecule has 2 aromatic rings. The Labute approximate surface area is 261 Å². The summed E-state index contributed by atoms with van der Waals surface area (Å²) in [4.78, 5) is 28.6. The number of halogens is 1. The third-order valence-electron chi connectivity index (χ3n) is 10.9. The smallest absolute Gasteiger partial charge is 0.244 e. The fraction of sp³-hybridized carbons (Fsp3) is 0.600. The Morgan fingerprint density at radius 1 is 0.932 bits per heavy atom. The number of benzene rings is 2. The SMILES string of the molecule is C[C@@H](C(=O)NC1CCCCC1)N(Cc1ccccc1F)C(=O)CN(c1ccc(C23CC4CC(CC(C4)C2)C3)cc1)S(C)(=O)=O. The largest absolute Gasteiger partial charge is 0.352 e. The molecule has 0 radical (unpaired) electrons. The standard InChI is InChI=1S/C35H46FN3O4S/c1-24(34(41)37-30-9-4-3-5-10-30)38(22-28-8-6-7-11-32(28)36)33(40)23-39(44(2,42)43)31-14-12-29(13-15-31)35-19-25-16-26(20-35)18-27(17-25)21-35/h6-8,11-15,24-27,30H,3-5,9-10,16-23H2,1-2H3,(H,37,41)/t24-,25?,26?,27?,35?/m0/s1. The van der Waals surface area contributed by atoms with E-state index in [9.17, 15) is 22.4 Å². The van der Waals surface area contributed by atoms with Gasteiger partial charge in [0.25, 0.3) is 0 Å². The molecule has 1 N–H and O–H groups in total. The summed E-state index contributed by atoms with van der Waals surface area (Å²) < 4.78 is 42.0. The van der Waals surface area contributed by atoms with Gasteiger partial charge >= 0.3 is 0 Å². The maximum absolute atomic E-state index is 14.7. The molecule has 5 fully saturated rings. The molecule has 9 heteroatoms. The van der Waals surface area contributed by atoms with E-state index in [4.69, 9.17) is 0 Å². The molecule has 5 saturated carbocycles. The minimum Gasteiger partial charge on any atom is -0.352 e. The Hall–Kier alpha value is -2.94. The van der Waals surface area contributed by atoms with Crippen LogP contribution in [0.5, 0.6) is 0 Å². The van der Waals surface area contributed by atoms with Gasteiger partial charge in [-0.05, 0) is 105 Å². The molecule has 0 unspecified atom stereocenters. The first kappa shape index (κ1) is 31.1. The fourth-order valence-electron chi connectivity index (χ4n) is 9.02. The lowest BCUT2D eigenvalue weighted by atomic mass is 9.48. The second kappa shape index (κ2) is 12.5. The van der Waals surface area contributed by atoms with Crippen molar-refractivity contribution in [2.45, 2.75) is 102 Å². The number of hydrogen-bond acceptors (Lipinski definition) is 4. The molecule has 4 bridgehead atoms. The monoisotopic (exact) mass is 623 g/mol. The molecule has 238 valence electrons. The summed E-state index contributed by atoms with van der Waals surface area (Å²) in [5.41, 5.74) is 2.13. The molecular weight excluding hydrogens is 577 g/mol. The van der Waals surface area contributed by atoms with Crippen LogP contribution in [0.15, 0.2) is 48.5 Å². The second-order valence-corrected chi connectivity index (χ2v) is 16.1. The van der Waals surface area contributed by atoms with Crippen LogP contribution in [-0.2, 0) is 31.6 Å². The summed E-state index contributed by atoms with van der Waals surface area (Å²) in [6, 6.07) is 13.0. The van der Waals surface area contributed by atoms with Crippen molar-refractivity contribution in [1.29, 1.82) is 0 Å². The van der Waals surface area contributed by atoms with Gasteiger partial charge in [-0.1, -0.05) is 49.6 Å². The molecule has 5 aliphatic carbocycles. The minimum atomic E-state index is -3.84. The summed E-state index contributed by atoms with van der Waals surface area (Å²) in [6.45, 7) is 1.00. The van der Waals surface area contributed by atoms with Crippen molar-refractivity contribution >= 4 is 27.5 Å². The quantitative estimate of drug-likeness (QED) is 0.356. The van der Waals surface area contributed by atoms with E-state index in [1.54, 1.807) is 25.1 Å². The van der Waals surface area contributed by atoms with Gasteiger partial charge in [0, 0.05) is 18.2 Å². The van der Waals surface area contributed by atoms with Crippen LogP contribution in [0.4, 0.5) is 10.1 Å². The van der Waals surface area contributed by atoms with Crippen molar-refractivity contribution in [3.63, 3.8) is 0 Å². The van der Waals surface area contributed by atoms with Gasteiger partial charge in [-0.25, -0.2) is 12.8 Å². The molecule has 44 heavy (non-hydrogen) atoms. The molecule has 1 atom stereocenters. The number of amides is 2. The van der Waals surface area contributed by atoms with Crippen LogP contribution in [0, 0.1) is 23.6 Å². The van der Waals surface area contributed by atoms with Crippen LogP contribution in [0.25, 0.3) is 0 Å². The highest BCUT2D eigenvalue weighted by Gasteiger charge is 2.51. The third-order valence-corrected chi connectivity index (χ3v) is 12.0. The van der Waals surface area contributed by atoms with Crippen LogP contribution in [0.1, 0.15) is 88.7 Å². The molecule has 0 saturated heterocycles. The Morgan fingerprint density at radius 2 is 1.52 bits per heavy atom. The van der Waals surface area contributed by atoms with E-state index in [1.165, 1.54) is 55.1 Å². The summed E-state index contributed by atoms with van der Waals surface area (Å²) in [5, 5.41) is 3.07. The van der Waals surface area contributed by atoms with Gasteiger partial charge in [0.1, 0.15) is 18.4 Å². The molecule has 7 nitrogen and oxygen atoms in total. The number of carbonyl (C=O) groups excluding carboxylic acids is 2. The Balaban J connectivity index is 1.23. The third kappa shape index (κ3) is 6.53.